The van der Waals surface area contributed by atoms with E-state index in [4.69, 9.17) is 0 Å². The predicted molar refractivity (Wildman–Crippen MR) is 56.6 cm³/mol. The zero-order chi connectivity index (χ0) is 9.72. The van der Waals surface area contributed by atoms with Gasteiger partial charge < -0.3 is 0 Å². The van der Waals surface area contributed by atoms with Crippen molar-refractivity contribution in [3.63, 3.8) is 0 Å². The second kappa shape index (κ2) is 5.63. The van der Waals surface area contributed by atoms with Crippen LogP contribution in [0.25, 0.3) is 0 Å². The molecule has 0 saturated heterocycles. The van der Waals surface area contributed by atoms with Crippen molar-refractivity contribution in [2.45, 2.75) is 34.1 Å². The average Bonchev–Trinajstić information content (AvgIpc) is 1.85. The second-order valence-corrected chi connectivity index (χ2v) is 4.46. The van der Waals surface area contributed by atoms with Gasteiger partial charge in [-0.15, -0.1) is 0 Å². The third-order valence-corrected chi connectivity index (χ3v) is 2.42. The first-order valence-electron chi connectivity index (χ1n) is 4.62. The fourth-order valence-corrected chi connectivity index (χ4v) is 1.86. The van der Waals surface area contributed by atoms with Crippen molar-refractivity contribution in [1.82, 2.24) is 0 Å². The van der Waals surface area contributed by atoms with E-state index in [-0.39, 0.29) is 5.92 Å². The summed E-state index contributed by atoms with van der Waals surface area (Å²) in [6.45, 7) is 8.32. The molecule has 72 valence electrons. The first-order valence-corrected chi connectivity index (χ1v) is 5.25. The monoisotopic (exact) mass is 188 g/mol. The Morgan fingerprint density at radius 3 is 2.00 bits per heavy atom. The summed E-state index contributed by atoms with van der Waals surface area (Å²) in [7, 11) is 0. The van der Waals surface area contributed by atoms with Gasteiger partial charge in [-0.2, -0.15) is 12.6 Å². The lowest BCUT2D eigenvalue weighted by atomic mass is 9.89. The maximum absolute atomic E-state index is 11.6. The van der Waals surface area contributed by atoms with Crippen LogP contribution in [0.1, 0.15) is 34.1 Å². The molecule has 0 aliphatic carbocycles. The molecule has 1 atom stereocenters. The smallest absolute Gasteiger partial charge is 0.137 e. The molecule has 0 aromatic heterocycles. The van der Waals surface area contributed by atoms with Gasteiger partial charge in [0, 0.05) is 18.1 Å². The fourth-order valence-electron chi connectivity index (χ4n) is 1.24. The van der Waals surface area contributed by atoms with Gasteiger partial charge in [0.25, 0.3) is 0 Å². The molecule has 0 aromatic rings. The van der Waals surface area contributed by atoms with Crippen LogP contribution in [0.2, 0.25) is 0 Å². The minimum atomic E-state index is 0.149. The van der Waals surface area contributed by atoms with Crippen LogP contribution in [-0.4, -0.2) is 11.5 Å². The Hall–Kier alpha value is 0.0200. The number of hydrogen-bond donors (Lipinski definition) is 1. The first-order chi connectivity index (χ1) is 5.49. The molecule has 0 fully saturated rings. The van der Waals surface area contributed by atoms with Crippen molar-refractivity contribution in [3.8, 4) is 0 Å². The van der Waals surface area contributed by atoms with Gasteiger partial charge >= 0.3 is 0 Å². The molecule has 0 heterocycles. The molecule has 2 heteroatoms. The van der Waals surface area contributed by atoms with Crippen LogP contribution in [0.5, 0.6) is 0 Å². The first kappa shape index (κ1) is 12.0. The number of hydrogen-bond acceptors (Lipinski definition) is 2. The molecule has 0 aliphatic rings. The number of carbonyl (C=O) groups is 1. The van der Waals surface area contributed by atoms with E-state index in [1.54, 1.807) is 0 Å². The van der Waals surface area contributed by atoms with Crippen LogP contribution in [0.3, 0.4) is 0 Å². The molecule has 12 heavy (non-hydrogen) atoms. The zero-order valence-corrected chi connectivity index (χ0v) is 9.40. The van der Waals surface area contributed by atoms with Crippen molar-refractivity contribution in [2.75, 3.05) is 5.75 Å². The maximum Gasteiger partial charge on any atom is 0.137 e. The minimum Gasteiger partial charge on any atom is -0.299 e. The Balaban J connectivity index is 4.04. The fraction of sp³-hybridized carbons (Fsp3) is 0.900. The standard InChI is InChI=1S/C10H20OS/c1-7(2)5-10(11)9(6-12)8(3)4/h7-9,12H,5-6H2,1-4H3. The van der Waals surface area contributed by atoms with E-state index < -0.39 is 0 Å². The van der Waals surface area contributed by atoms with E-state index >= 15 is 0 Å². The van der Waals surface area contributed by atoms with Crippen LogP contribution in [0.4, 0.5) is 0 Å². The number of carbonyl (C=O) groups excluding carboxylic acids is 1. The normalized spacial score (nSPS) is 13.9. The van der Waals surface area contributed by atoms with Gasteiger partial charge in [-0.05, 0) is 11.8 Å². The number of Topliss-reactive ketones (excluding diaryl/α,β-unsaturated/α-hetero) is 1. The van der Waals surface area contributed by atoms with E-state index in [1.165, 1.54) is 0 Å². The van der Waals surface area contributed by atoms with E-state index in [2.05, 4.69) is 40.3 Å². The highest BCUT2D eigenvalue weighted by atomic mass is 32.1. The molecule has 1 nitrogen and oxygen atoms in total. The minimum absolute atomic E-state index is 0.149. The molecule has 0 amide bonds. The third kappa shape index (κ3) is 4.15. The molecule has 0 aliphatic heterocycles. The summed E-state index contributed by atoms with van der Waals surface area (Å²) in [6, 6.07) is 0. The molecule has 0 N–H and O–H groups in total. The molecule has 0 spiro atoms. The number of ketones is 1. The van der Waals surface area contributed by atoms with Gasteiger partial charge in [-0.25, -0.2) is 0 Å². The highest BCUT2D eigenvalue weighted by Gasteiger charge is 2.20. The molecule has 0 radical (unpaired) electrons. The quantitative estimate of drug-likeness (QED) is 0.657. The Morgan fingerprint density at radius 2 is 1.75 bits per heavy atom. The van der Waals surface area contributed by atoms with Crippen LogP contribution in [0.15, 0.2) is 0 Å². The van der Waals surface area contributed by atoms with Crippen molar-refractivity contribution in [1.29, 1.82) is 0 Å². The predicted octanol–water partition coefficient (Wildman–Crippen LogP) is 2.80. The topological polar surface area (TPSA) is 17.1 Å². The summed E-state index contributed by atoms with van der Waals surface area (Å²) in [5.74, 6) is 2.10. The van der Waals surface area contributed by atoms with E-state index in [1.807, 2.05) is 0 Å². The summed E-state index contributed by atoms with van der Waals surface area (Å²) < 4.78 is 0. The summed E-state index contributed by atoms with van der Waals surface area (Å²) in [5.41, 5.74) is 0. The van der Waals surface area contributed by atoms with Crippen LogP contribution in [0, 0.1) is 17.8 Å². The van der Waals surface area contributed by atoms with Gasteiger partial charge in [0.15, 0.2) is 0 Å². The van der Waals surface area contributed by atoms with Gasteiger partial charge in [0.2, 0.25) is 0 Å². The lowest BCUT2D eigenvalue weighted by Crippen LogP contribution is -2.23. The molecule has 0 rings (SSSR count). The molecule has 0 saturated carbocycles. The number of thiol groups is 1. The van der Waals surface area contributed by atoms with Crippen molar-refractivity contribution >= 4 is 18.4 Å². The highest BCUT2D eigenvalue weighted by molar-refractivity contribution is 7.80. The van der Waals surface area contributed by atoms with Gasteiger partial charge in [0.05, 0.1) is 0 Å². The van der Waals surface area contributed by atoms with Crippen LogP contribution in [-0.2, 0) is 4.79 Å². The molecule has 1 unspecified atom stereocenters. The summed E-state index contributed by atoms with van der Waals surface area (Å²) >= 11 is 4.20. The van der Waals surface area contributed by atoms with E-state index in [0.717, 1.165) is 0 Å². The summed E-state index contributed by atoms with van der Waals surface area (Å²) in [5, 5.41) is 0. The van der Waals surface area contributed by atoms with Crippen molar-refractivity contribution in [2.24, 2.45) is 17.8 Å². The maximum atomic E-state index is 11.6. The van der Waals surface area contributed by atoms with Crippen LogP contribution < -0.4 is 0 Å². The van der Waals surface area contributed by atoms with Gasteiger partial charge in [-0.3, -0.25) is 4.79 Å². The largest absolute Gasteiger partial charge is 0.299 e. The molecule has 0 bridgehead atoms. The molecular formula is C10H20OS. The lowest BCUT2D eigenvalue weighted by Gasteiger charge is -2.17. The highest BCUT2D eigenvalue weighted by Crippen LogP contribution is 2.17. The Kier molecular flexibility index (Phi) is 5.64. The Morgan fingerprint density at radius 1 is 1.25 bits per heavy atom. The summed E-state index contributed by atoms with van der Waals surface area (Å²) in [4.78, 5) is 11.6. The van der Waals surface area contributed by atoms with Gasteiger partial charge in [0.1, 0.15) is 5.78 Å². The van der Waals surface area contributed by atoms with Crippen molar-refractivity contribution in [3.05, 3.63) is 0 Å². The zero-order valence-electron chi connectivity index (χ0n) is 8.50. The van der Waals surface area contributed by atoms with Crippen molar-refractivity contribution < 1.29 is 4.79 Å². The summed E-state index contributed by atoms with van der Waals surface area (Å²) in [6.07, 6.45) is 0.698. The second-order valence-electron chi connectivity index (χ2n) is 4.10. The Bertz CT molecular complexity index is 141. The third-order valence-electron chi connectivity index (χ3n) is 2.02. The van der Waals surface area contributed by atoms with E-state index in [0.29, 0.717) is 29.8 Å². The lowest BCUT2D eigenvalue weighted by molar-refractivity contribution is -0.124. The molecular weight excluding hydrogens is 168 g/mol. The molecule has 0 aromatic carbocycles. The van der Waals surface area contributed by atoms with Crippen LogP contribution >= 0.6 is 12.6 Å². The SMILES string of the molecule is CC(C)CC(=O)C(CS)C(C)C. The van der Waals surface area contributed by atoms with E-state index in [9.17, 15) is 4.79 Å². The van der Waals surface area contributed by atoms with Gasteiger partial charge in [-0.1, -0.05) is 27.7 Å². The average molecular weight is 188 g/mol. The Labute approximate surface area is 81.3 Å². The number of rotatable bonds is 5.